The summed E-state index contributed by atoms with van der Waals surface area (Å²) < 4.78 is 28.4. The molecule has 1 fully saturated rings. The number of nitrogens with zero attached hydrogens (tertiary/aromatic N) is 1. The predicted octanol–water partition coefficient (Wildman–Crippen LogP) is 3.29. The molecule has 1 heterocycles. The highest BCUT2D eigenvalue weighted by Gasteiger charge is 2.38. The van der Waals surface area contributed by atoms with Crippen LogP contribution in [0.3, 0.4) is 0 Å². The average molecular weight is 506 g/mol. The van der Waals surface area contributed by atoms with Gasteiger partial charge in [-0.2, -0.15) is 4.72 Å². The van der Waals surface area contributed by atoms with Gasteiger partial charge in [-0.3, -0.25) is 9.59 Å². The van der Waals surface area contributed by atoms with Crippen LogP contribution in [0.1, 0.15) is 44.2 Å². The van der Waals surface area contributed by atoms with Crippen molar-refractivity contribution in [3.8, 4) is 0 Å². The Morgan fingerprint density at radius 2 is 1.85 bits per heavy atom. The third-order valence-corrected chi connectivity index (χ3v) is 7.74. The summed E-state index contributed by atoms with van der Waals surface area (Å²) in [6, 6.07) is 11.7. The summed E-state index contributed by atoms with van der Waals surface area (Å²) in [7, 11) is -3.89. The molecule has 0 aliphatic carbocycles. The molecule has 1 aliphatic rings. The number of carbonyl (C=O) groups is 2. The lowest BCUT2D eigenvalue weighted by molar-refractivity contribution is -0.139. The number of nitrogens with two attached hydrogens (primary N) is 1. The molecule has 1 amide bonds. The first-order chi connectivity index (χ1) is 16.1. The summed E-state index contributed by atoms with van der Waals surface area (Å²) >= 11 is 6.12. The smallest absolute Gasteiger partial charge is 0.241 e. The van der Waals surface area contributed by atoms with E-state index in [1.165, 1.54) is 17.0 Å². The van der Waals surface area contributed by atoms with Crippen molar-refractivity contribution in [2.75, 3.05) is 6.54 Å². The second-order valence-corrected chi connectivity index (χ2v) is 11.2. The molecule has 184 valence electrons. The molecule has 1 aliphatic heterocycles. The van der Waals surface area contributed by atoms with Gasteiger partial charge in [0.1, 0.15) is 6.04 Å². The van der Waals surface area contributed by atoms with Gasteiger partial charge >= 0.3 is 0 Å². The van der Waals surface area contributed by atoms with E-state index >= 15 is 0 Å². The van der Waals surface area contributed by atoms with E-state index in [1.807, 2.05) is 13.8 Å². The Morgan fingerprint density at radius 1 is 1.15 bits per heavy atom. The number of nitrogens with one attached hydrogen (secondary N) is 1. The van der Waals surface area contributed by atoms with Crippen LogP contribution >= 0.6 is 11.6 Å². The van der Waals surface area contributed by atoms with Crippen LogP contribution in [0.4, 0.5) is 0 Å². The largest absolute Gasteiger partial charge is 0.331 e. The summed E-state index contributed by atoms with van der Waals surface area (Å²) in [5.74, 6) is -0.394. The summed E-state index contributed by atoms with van der Waals surface area (Å²) in [5.41, 5.74) is 7.40. The standard InChI is InChI=1S/C25H32ClN3O4S/c1-17(2)13-22(28-34(32,33)21-7-4-3-5-8-21)25(31)29-12-6-9-23(29)24(30)15-19-14-20(26)11-10-18(19)16-27/h3-5,7-8,10-11,14,17,22-23,28H,6,9,12-13,15-16,27H2,1-2H3/t22-,23+/m1/s1. The first-order valence-electron chi connectivity index (χ1n) is 11.5. The molecule has 3 N–H and O–H groups in total. The number of hydrogen-bond donors (Lipinski definition) is 2. The lowest BCUT2D eigenvalue weighted by atomic mass is 9.97. The monoisotopic (exact) mass is 505 g/mol. The van der Waals surface area contributed by atoms with Gasteiger partial charge in [0.25, 0.3) is 0 Å². The zero-order chi connectivity index (χ0) is 24.9. The maximum absolute atomic E-state index is 13.5. The molecule has 2 aromatic carbocycles. The van der Waals surface area contributed by atoms with Gasteiger partial charge in [0, 0.05) is 24.5 Å². The molecule has 0 saturated carbocycles. The number of Topliss-reactive ketones (excluding diaryl/α,β-unsaturated/α-hetero) is 1. The number of ketones is 1. The molecule has 3 rings (SSSR count). The zero-order valence-corrected chi connectivity index (χ0v) is 21.1. The summed E-state index contributed by atoms with van der Waals surface area (Å²) in [5, 5.41) is 0.520. The molecule has 0 aromatic heterocycles. The normalized spacial score (nSPS) is 17.2. The van der Waals surface area contributed by atoms with Crippen LogP contribution < -0.4 is 10.5 Å². The van der Waals surface area contributed by atoms with Crippen molar-refractivity contribution in [1.29, 1.82) is 0 Å². The SMILES string of the molecule is CC(C)C[C@@H](NS(=O)(=O)c1ccccc1)C(=O)N1CCC[C@H]1C(=O)Cc1cc(Cl)ccc1CN. The van der Waals surface area contributed by atoms with Crippen molar-refractivity contribution in [3.05, 3.63) is 64.7 Å². The van der Waals surface area contributed by atoms with Crippen molar-refractivity contribution < 1.29 is 18.0 Å². The molecular weight excluding hydrogens is 474 g/mol. The quantitative estimate of drug-likeness (QED) is 0.515. The van der Waals surface area contributed by atoms with Gasteiger partial charge in [0.05, 0.1) is 10.9 Å². The number of hydrogen-bond acceptors (Lipinski definition) is 5. The molecule has 2 aromatic rings. The number of rotatable bonds is 10. The van der Waals surface area contributed by atoms with E-state index in [4.69, 9.17) is 17.3 Å². The van der Waals surface area contributed by atoms with Gasteiger partial charge in [-0.1, -0.05) is 49.7 Å². The van der Waals surface area contributed by atoms with Gasteiger partial charge in [-0.25, -0.2) is 8.42 Å². The van der Waals surface area contributed by atoms with Crippen LogP contribution in [0.25, 0.3) is 0 Å². The highest BCUT2D eigenvalue weighted by Crippen LogP contribution is 2.25. The van der Waals surface area contributed by atoms with Crippen LogP contribution in [0.2, 0.25) is 5.02 Å². The third-order valence-electron chi connectivity index (χ3n) is 6.02. The van der Waals surface area contributed by atoms with Crippen molar-refractivity contribution >= 4 is 33.3 Å². The van der Waals surface area contributed by atoms with E-state index in [-0.39, 0.29) is 35.5 Å². The minimum atomic E-state index is -3.89. The fourth-order valence-corrected chi connectivity index (χ4v) is 5.77. The minimum Gasteiger partial charge on any atom is -0.331 e. The molecule has 0 unspecified atom stereocenters. The highest BCUT2D eigenvalue weighted by atomic mass is 35.5. The molecule has 7 nitrogen and oxygen atoms in total. The zero-order valence-electron chi connectivity index (χ0n) is 19.5. The Kier molecular flexibility index (Phi) is 8.87. The summed E-state index contributed by atoms with van der Waals surface area (Å²) in [6.45, 7) is 4.55. The first-order valence-corrected chi connectivity index (χ1v) is 13.4. The van der Waals surface area contributed by atoms with Crippen LogP contribution in [-0.4, -0.2) is 43.6 Å². The van der Waals surface area contributed by atoms with Crippen LogP contribution in [0, 0.1) is 5.92 Å². The van der Waals surface area contributed by atoms with E-state index in [0.29, 0.717) is 30.8 Å². The topological polar surface area (TPSA) is 110 Å². The summed E-state index contributed by atoms with van der Waals surface area (Å²) in [4.78, 5) is 28.4. The Bertz CT molecular complexity index is 1120. The average Bonchev–Trinajstić information content (AvgIpc) is 3.28. The molecule has 0 spiro atoms. The molecule has 0 bridgehead atoms. The summed E-state index contributed by atoms with van der Waals surface area (Å²) in [6.07, 6.45) is 1.67. The molecule has 0 radical (unpaired) electrons. The van der Waals surface area contributed by atoms with Crippen LogP contribution in [0.15, 0.2) is 53.4 Å². The number of benzene rings is 2. The van der Waals surface area contributed by atoms with Crippen molar-refractivity contribution in [2.45, 2.75) is 63.1 Å². The number of sulfonamides is 1. The van der Waals surface area contributed by atoms with Crippen LogP contribution in [0.5, 0.6) is 0 Å². The van der Waals surface area contributed by atoms with E-state index in [2.05, 4.69) is 4.72 Å². The highest BCUT2D eigenvalue weighted by molar-refractivity contribution is 7.89. The number of amides is 1. The molecule has 34 heavy (non-hydrogen) atoms. The van der Waals surface area contributed by atoms with Gasteiger partial charge in [-0.05, 0) is 60.6 Å². The van der Waals surface area contributed by atoms with Gasteiger partial charge in [0.15, 0.2) is 5.78 Å². The molecular formula is C25H32ClN3O4S. The second-order valence-electron chi connectivity index (χ2n) is 9.07. The molecule has 9 heteroatoms. The van der Waals surface area contributed by atoms with Crippen LogP contribution in [-0.2, 0) is 32.6 Å². The third kappa shape index (κ3) is 6.44. The Labute approximate surface area is 206 Å². The Hall–Kier alpha value is -2.26. The van der Waals surface area contributed by atoms with E-state index in [1.54, 1.807) is 36.4 Å². The lowest BCUT2D eigenvalue weighted by Gasteiger charge is -2.29. The number of carbonyl (C=O) groups excluding carboxylic acids is 2. The lowest BCUT2D eigenvalue weighted by Crippen LogP contribution is -2.52. The van der Waals surface area contributed by atoms with Gasteiger partial charge < -0.3 is 10.6 Å². The van der Waals surface area contributed by atoms with E-state index in [0.717, 1.165) is 11.1 Å². The van der Waals surface area contributed by atoms with E-state index in [9.17, 15) is 18.0 Å². The number of halogens is 1. The Morgan fingerprint density at radius 3 is 2.50 bits per heavy atom. The molecule has 2 atom stereocenters. The van der Waals surface area contributed by atoms with Crippen molar-refractivity contribution in [1.82, 2.24) is 9.62 Å². The Balaban J connectivity index is 1.80. The number of likely N-dealkylation sites (tertiary alicyclic amines) is 1. The van der Waals surface area contributed by atoms with Crippen molar-refractivity contribution in [2.24, 2.45) is 11.7 Å². The molecule has 1 saturated heterocycles. The maximum Gasteiger partial charge on any atom is 0.241 e. The predicted molar refractivity (Wildman–Crippen MR) is 133 cm³/mol. The second kappa shape index (κ2) is 11.4. The maximum atomic E-state index is 13.5. The van der Waals surface area contributed by atoms with E-state index < -0.39 is 22.1 Å². The van der Waals surface area contributed by atoms with Gasteiger partial charge in [-0.15, -0.1) is 0 Å². The fraction of sp³-hybridized carbons (Fsp3) is 0.440. The fourth-order valence-electron chi connectivity index (χ4n) is 4.35. The van der Waals surface area contributed by atoms with Gasteiger partial charge in [0.2, 0.25) is 15.9 Å². The minimum absolute atomic E-state index is 0.0720. The first kappa shape index (κ1) is 26.3. The van der Waals surface area contributed by atoms with Crippen molar-refractivity contribution in [3.63, 3.8) is 0 Å².